The van der Waals surface area contributed by atoms with E-state index < -0.39 is 15.4 Å². The Hall–Kier alpha value is -3.07. The molecule has 0 saturated carbocycles. The number of hydrogen-bond donors (Lipinski definition) is 2. The first kappa shape index (κ1) is 26.5. The minimum Gasteiger partial charge on any atom is -0.490 e. The van der Waals surface area contributed by atoms with Crippen LogP contribution in [0.25, 0.3) is 0 Å². The maximum Gasteiger partial charge on any atom is 0.262 e. The van der Waals surface area contributed by atoms with Crippen molar-refractivity contribution in [2.75, 3.05) is 28.1 Å². The van der Waals surface area contributed by atoms with Gasteiger partial charge in [0.1, 0.15) is 12.4 Å². The average molecular weight is 502 g/mol. The van der Waals surface area contributed by atoms with Crippen molar-refractivity contribution in [1.82, 2.24) is 0 Å². The first-order valence-electron chi connectivity index (χ1n) is 11.9. The maximum atomic E-state index is 13.2. The molecular formula is C26H35N3O5S. The number of ether oxygens (including phenoxy) is 1. The van der Waals surface area contributed by atoms with E-state index >= 15 is 0 Å². The van der Waals surface area contributed by atoms with Crippen LogP contribution < -0.4 is 19.7 Å². The van der Waals surface area contributed by atoms with Crippen molar-refractivity contribution in [3.05, 3.63) is 42.0 Å². The van der Waals surface area contributed by atoms with Gasteiger partial charge in [0.25, 0.3) is 10.0 Å². The molecule has 0 aromatic heterocycles. The van der Waals surface area contributed by atoms with E-state index in [-0.39, 0.29) is 23.3 Å². The van der Waals surface area contributed by atoms with Gasteiger partial charge in [0.15, 0.2) is 0 Å². The number of rotatable bonds is 8. The van der Waals surface area contributed by atoms with E-state index in [1.54, 1.807) is 49.1 Å². The van der Waals surface area contributed by atoms with Crippen molar-refractivity contribution in [2.24, 2.45) is 11.3 Å². The van der Waals surface area contributed by atoms with Crippen LogP contribution >= 0.6 is 0 Å². The van der Waals surface area contributed by atoms with Crippen molar-refractivity contribution in [3.63, 3.8) is 0 Å². The largest absolute Gasteiger partial charge is 0.490 e. The predicted octanol–water partition coefficient (Wildman–Crippen LogP) is 4.94. The first-order chi connectivity index (χ1) is 16.3. The lowest BCUT2D eigenvalue weighted by molar-refractivity contribution is -0.127. The third kappa shape index (κ3) is 6.14. The zero-order valence-electron chi connectivity index (χ0n) is 21.3. The van der Waals surface area contributed by atoms with Crippen LogP contribution in [0.1, 0.15) is 53.0 Å². The number of amides is 2. The molecule has 3 rings (SSSR count). The molecule has 35 heavy (non-hydrogen) atoms. The van der Waals surface area contributed by atoms with Crippen molar-refractivity contribution in [3.8, 4) is 5.75 Å². The number of benzene rings is 2. The number of aryl methyl sites for hydroxylation is 1. The van der Waals surface area contributed by atoms with Crippen molar-refractivity contribution in [1.29, 1.82) is 0 Å². The van der Waals surface area contributed by atoms with Crippen molar-refractivity contribution >= 4 is 38.9 Å². The zero-order valence-corrected chi connectivity index (χ0v) is 22.1. The monoisotopic (exact) mass is 501 g/mol. The van der Waals surface area contributed by atoms with Crippen molar-refractivity contribution in [2.45, 2.75) is 59.3 Å². The summed E-state index contributed by atoms with van der Waals surface area (Å²) in [6.45, 7) is 12.1. The lowest BCUT2D eigenvalue weighted by Crippen LogP contribution is -2.42. The van der Waals surface area contributed by atoms with Gasteiger partial charge in [-0.25, -0.2) is 8.42 Å². The fourth-order valence-corrected chi connectivity index (χ4v) is 5.09. The normalized spacial score (nSPS) is 15.3. The van der Waals surface area contributed by atoms with E-state index in [9.17, 15) is 18.0 Å². The highest BCUT2D eigenvalue weighted by Gasteiger charge is 2.37. The molecule has 8 nitrogen and oxygen atoms in total. The molecule has 0 saturated heterocycles. The van der Waals surface area contributed by atoms with Gasteiger partial charge in [-0.3, -0.25) is 14.3 Å². The summed E-state index contributed by atoms with van der Waals surface area (Å²) in [7, 11) is -3.90. The number of hydrogen-bond acceptors (Lipinski definition) is 5. The predicted molar refractivity (Wildman–Crippen MR) is 138 cm³/mol. The van der Waals surface area contributed by atoms with Gasteiger partial charge < -0.3 is 15.0 Å². The van der Waals surface area contributed by atoms with Gasteiger partial charge in [0.05, 0.1) is 21.7 Å². The Kier molecular flexibility index (Phi) is 7.79. The van der Waals surface area contributed by atoms with Crippen LogP contribution in [0.5, 0.6) is 5.75 Å². The SMILES string of the molecule is CCC(=O)Nc1ccc(S(=O)(=O)Nc2ccc3c(c2)OCC(C)(C)C(=O)N3CCC(C)C)c(C)c1. The number of anilines is 3. The zero-order chi connectivity index (χ0) is 26.0. The standard InChI is InChI=1S/C26H35N3O5S/c1-7-24(30)27-19-9-11-23(18(4)14-19)35(32,33)28-20-8-10-21-22(15-20)34-16-26(5,6)25(31)29(21)13-12-17(2)3/h8-11,14-15,17,28H,7,12-13,16H2,1-6H3,(H,27,30). The topological polar surface area (TPSA) is 105 Å². The van der Waals surface area contributed by atoms with E-state index in [4.69, 9.17) is 4.74 Å². The van der Waals surface area contributed by atoms with Crippen LogP contribution in [-0.2, 0) is 19.6 Å². The molecule has 0 radical (unpaired) electrons. The fourth-order valence-electron chi connectivity index (χ4n) is 3.81. The highest BCUT2D eigenvalue weighted by Crippen LogP contribution is 2.39. The molecule has 1 aliphatic heterocycles. The number of nitrogens with one attached hydrogen (secondary N) is 2. The molecule has 1 aliphatic rings. The Morgan fingerprint density at radius 1 is 1.14 bits per heavy atom. The summed E-state index contributed by atoms with van der Waals surface area (Å²) in [5.74, 6) is 0.722. The number of carbonyl (C=O) groups excluding carboxylic acids is 2. The highest BCUT2D eigenvalue weighted by atomic mass is 32.2. The second-order valence-corrected chi connectivity index (χ2v) is 11.6. The van der Waals surface area contributed by atoms with Crippen LogP contribution in [0.4, 0.5) is 17.1 Å². The number of sulfonamides is 1. The minimum absolute atomic E-state index is 0.0175. The molecule has 0 spiro atoms. The van der Waals surface area contributed by atoms with E-state index in [0.29, 0.717) is 47.3 Å². The summed E-state index contributed by atoms with van der Waals surface area (Å²) in [6, 6.07) is 9.65. The van der Waals surface area contributed by atoms with Crippen molar-refractivity contribution < 1.29 is 22.7 Å². The molecule has 0 aliphatic carbocycles. The van der Waals surface area contributed by atoms with Gasteiger partial charge in [0, 0.05) is 24.7 Å². The van der Waals surface area contributed by atoms with E-state index in [0.717, 1.165) is 6.42 Å². The second kappa shape index (κ2) is 10.3. The van der Waals surface area contributed by atoms with Crippen LogP contribution in [0.15, 0.2) is 41.3 Å². The van der Waals surface area contributed by atoms with E-state index in [2.05, 4.69) is 23.9 Å². The summed E-state index contributed by atoms with van der Waals surface area (Å²) in [4.78, 5) is 26.7. The molecule has 0 bridgehead atoms. The molecular weight excluding hydrogens is 466 g/mol. The lowest BCUT2D eigenvalue weighted by Gasteiger charge is -2.28. The molecule has 2 N–H and O–H groups in total. The molecule has 1 heterocycles. The minimum atomic E-state index is -3.90. The van der Waals surface area contributed by atoms with Gasteiger partial charge in [-0.05, 0) is 69.0 Å². The van der Waals surface area contributed by atoms with Crippen LogP contribution in [0, 0.1) is 18.3 Å². The summed E-state index contributed by atoms with van der Waals surface area (Å²) in [5, 5.41) is 2.73. The molecule has 9 heteroatoms. The van der Waals surface area contributed by atoms with Crippen LogP contribution in [0.3, 0.4) is 0 Å². The molecule has 0 unspecified atom stereocenters. The highest BCUT2D eigenvalue weighted by molar-refractivity contribution is 7.92. The quantitative estimate of drug-likeness (QED) is 0.533. The van der Waals surface area contributed by atoms with E-state index in [1.807, 2.05) is 13.8 Å². The average Bonchev–Trinajstić information content (AvgIpc) is 2.86. The molecule has 0 atom stereocenters. The van der Waals surface area contributed by atoms with Gasteiger partial charge >= 0.3 is 0 Å². The molecule has 0 fully saturated rings. The van der Waals surface area contributed by atoms with Crippen LogP contribution in [0.2, 0.25) is 0 Å². The molecule has 190 valence electrons. The molecule has 2 amide bonds. The van der Waals surface area contributed by atoms with E-state index in [1.165, 1.54) is 6.07 Å². The Morgan fingerprint density at radius 2 is 1.83 bits per heavy atom. The van der Waals surface area contributed by atoms with Gasteiger partial charge in [-0.2, -0.15) is 0 Å². The smallest absolute Gasteiger partial charge is 0.262 e. The number of nitrogens with zero attached hydrogens (tertiary/aromatic N) is 1. The van der Waals surface area contributed by atoms with Gasteiger partial charge in [-0.1, -0.05) is 20.8 Å². The maximum absolute atomic E-state index is 13.2. The third-order valence-corrected chi connectivity index (χ3v) is 7.46. The fraction of sp³-hybridized carbons (Fsp3) is 0.462. The summed E-state index contributed by atoms with van der Waals surface area (Å²) in [5.41, 5.74) is 1.31. The second-order valence-electron chi connectivity index (χ2n) is 9.98. The number of fused-ring (bicyclic) bond motifs is 1. The Balaban J connectivity index is 1.89. The molecule has 2 aromatic rings. The van der Waals surface area contributed by atoms with Gasteiger partial charge in [-0.15, -0.1) is 0 Å². The van der Waals surface area contributed by atoms with Crippen LogP contribution in [-0.4, -0.2) is 33.4 Å². The Labute approximate surface area is 208 Å². The first-order valence-corrected chi connectivity index (χ1v) is 13.3. The summed E-state index contributed by atoms with van der Waals surface area (Å²) >= 11 is 0. The Bertz CT molecular complexity index is 1220. The third-order valence-electron chi connectivity index (χ3n) is 5.91. The van der Waals surface area contributed by atoms with Gasteiger partial charge in [0.2, 0.25) is 11.8 Å². The number of carbonyl (C=O) groups is 2. The summed E-state index contributed by atoms with van der Waals surface area (Å²) < 4.78 is 34.9. The lowest BCUT2D eigenvalue weighted by atomic mass is 9.92. The summed E-state index contributed by atoms with van der Waals surface area (Å²) in [6.07, 6.45) is 1.17. The molecule has 2 aromatic carbocycles. The Morgan fingerprint density at radius 3 is 2.46 bits per heavy atom.